The summed E-state index contributed by atoms with van der Waals surface area (Å²) in [7, 11) is 0. The van der Waals surface area contributed by atoms with Gasteiger partial charge in [0.1, 0.15) is 0 Å². The van der Waals surface area contributed by atoms with Crippen LogP contribution in [0.5, 0.6) is 0 Å². The molecule has 0 radical (unpaired) electrons. The zero-order chi connectivity index (χ0) is 10.5. The number of rotatable bonds is 2. The highest BCUT2D eigenvalue weighted by Crippen LogP contribution is 2.53. The van der Waals surface area contributed by atoms with E-state index in [-0.39, 0.29) is 0 Å². The molecule has 3 fully saturated rings. The van der Waals surface area contributed by atoms with Crippen LogP contribution in [0.3, 0.4) is 0 Å². The Kier molecular flexibility index (Phi) is 2.35. The third kappa shape index (κ3) is 1.84. The van der Waals surface area contributed by atoms with Gasteiger partial charge in [-0.1, -0.05) is 13.8 Å². The Labute approximate surface area is 94.2 Å². The van der Waals surface area contributed by atoms with Crippen LogP contribution in [0.2, 0.25) is 0 Å². The largest absolute Gasteiger partial charge is 0.300 e. The topological polar surface area (TPSA) is 3.24 Å². The van der Waals surface area contributed by atoms with Crippen LogP contribution in [0.1, 0.15) is 52.4 Å². The lowest BCUT2D eigenvalue weighted by molar-refractivity contribution is 0.0209. The van der Waals surface area contributed by atoms with Gasteiger partial charge in [-0.2, -0.15) is 0 Å². The van der Waals surface area contributed by atoms with E-state index < -0.39 is 0 Å². The van der Waals surface area contributed by atoms with E-state index in [1.165, 1.54) is 51.6 Å². The molecule has 3 rings (SSSR count). The molecule has 1 nitrogen and oxygen atoms in total. The molecule has 2 aliphatic carbocycles. The molecule has 86 valence electrons. The molecule has 15 heavy (non-hydrogen) atoms. The Morgan fingerprint density at radius 1 is 1.13 bits per heavy atom. The number of nitrogens with zero attached hydrogens (tertiary/aromatic N) is 1. The first-order chi connectivity index (χ1) is 7.19. The zero-order valence-electron chi connectivity index (χ0n) is 10.3. The molecule has 0 bridgehead atoms. The maximum absolute atomic E-state index is 2.83. The van der Waals surface area contributed by atoms with E-state index in [2.05, 4.69) is 18.7 Å². The summed E-state index contributed by atoms with van der Waals surface area (Å²) in [5, 5.41) is 0. The smallest absolute Gasteiger partial charge is 0.0101 e. The van der Waals surface area contributed by atoms with Crippen LogP contribution in [0.25, 0.3) is 0 Å². The first-order valence-corrected chi connectivity index (χ1v) is 6.93. The quantitative estimate of drug-likeness (QED) is 0.671. The van der Waals surface area contributed by atoms with Gasteiger partial charge in [-0.25, -0.2) is 0 Å². The third-order valence-electron chi connectivity index (χ3n) is 5.26. The van der Waals surface area contributed by atoms with E-state index in [1.807, 2.05) is 0 Å². The average Bonchev–Trinajstić information content (AvgIpc) is 2.81. The van der Waals surface area contributed by atoms with Crippen molar-refractivity contribution in [2.75, 3.05) is 13.1 Å². The molecule has 0 amide bonds. The van der Waals surface area contributed by atoms with Crippen molar-refractivity contribution in [2.24, 2.45) is 17.3 Å². The molecule has 0 aromatic rings. The first-order valence-electron chi connectivity index (χ1n) is 6.93. The van der Waals surface area contributed by atoms with Crippen molar-refractivity contribution in [2.45, 2.75) is 58.4 Å². The Hall–Kier alpha value is -0.0400. The van der Waals surface area contributed by atoms with E-state index in [1.54, 1.807) is 0 Å². The van der Waals surface area contributed by atoms with Crippen molar-refractivity contribution in [3.63, 3.8) is 0 Å². The summed E-state index contributed by atoms with van der Waals surface area (Å²) < 4.78 is 0. The van der Waals surface area contributed by atoms with Crippen molar-refractivity contribution >= 4 is 0 Å². The van der Waals surface area contributed by atoms with Gasteiger partial charge in [0.05, 0.1) is 0 Å². The minimum absolute atomic E-state index is 0.821. The van der Waals surface area contributed by atoms with Gasteiger partial charge in [-0.3, -0.25) is 4.90 Å². The standard InChI is InChI=1S/C14H25N/c1-11(2)12-8-13(9-12)15-7-3-4-14(10-15)5-6-14/h11-13H,3-10H2,1-2H3. The summed E-state index contributed by atoms with van der Waals surface area (Å²) in [6.45, 7) is 7.62. The van der Waals surface area contributed by atoms with Gasteiger partial charge >= 0.3 is 0 Å². The first kappa shape index (κ1) is 10.1. The maximum Gasteiger partial charge on any atom is 0.0101 e. The van der Waals surface area contributed by atoms with Crippen molar-refractivity contribution in [3.05, 3.63) is 0 Å². The van der Waals surface area contributed by atoms with Crippen LogP contribution in [-0.4, -0.2) is 24.0 Å². The molecular weight excluding hydrogens is 182 g/mol. The second-order valence-electron chi connectivity index (χ2n) is 6.70. The summed E-state index contributed by atoms with van der Waals surface area (Å²) in [6, 6.07) is 0.968. The second-order valence-corrected chi connectivity index (χ2v) is 6.70. The summed E-state index contributed by atoms with van der Waals surface area (Å²) >= 11 is 0. The lowest BCUT2D eigenvalue weighted by Gasteiger charge is -2.48. The van der Waals surface area contributed by atoms with E-state index in [9.17, 15) is 0 Å². The predicted molar refractivity (Wildman–Crippen MR) is 63.8 cm³/mol. The van der Waals surface area contributed by atoms with E-state index in [0.29, 0.717) is 0 Å². The Bertz CT molecular complexity index is 236. The molecular formula is C14H25N. The molecule has 0 aromatic heterocycles. The van der Waals surface area contributed by atoms with Gasteiger partial charge in [0.15, 0.2) is 0 Å². The Morgan fingerprint density at radius 3 is 2.47 bits per heavy atom. The van der Waals surface area contributed by atoms with Crippen molar-refractivity contribution in [1.29, 1.82) is 0 Å². The molecule has 0 atom stereocenters. The van der Waals surface area contributed by atoms with Crippen LogP contribution in [-0.2, 0) is 0 Å². The van der Waals surface area contributed by atoms with Gasteiger partial charge in [0.2, 0.25) is 0 Å². The molecule has 1 heteroatoms. The van der Waals surface area contributed by atoms with Gasteiger partial charge in [-0.15, -0.1) is 0 Å². The summed E-state index contributed by atoms with van der Waals surface area (Å²) in [5.74, 6) is 1.95. The number of hydrogen-bond donors (Lipinski definition) is 0. The predicted octanol–water partition coefficient (Wildman–Crippen LogP) is 3.30. The minimum atomic E-state index is 0.821. The highest BCUT2D eigenvalue weighted by atomic mass is 15.2. The monoisotopic (exact) mass is 207 g/mol. The zero-order valence-corrected chi connectivity index (χ0v) is 10.3. The molecule has 0 unspecified atom stereocenters. The van der Waals surface area contributed by atoms with E-state index in [0.717, 1.165) is 23.3 Å². The molecule has 0 aromatic carbocycles. The van der Waals surface area contributed by atoms with Gasteiger partial charge in [-0.05, 0) is 62.3 Å². The lowest BCUT2D eigenvalue weighted by atomic mass is 9.72. The highest BCUT2D eigenvalue weighted by Gasteiger charge is 2.48. The number of piperidine rings is 1. The van der Waals surface area contributed by atoms with E-state index >= 15 is 0 Å². The normalized spacial score (nSPS) is 39.4. The molecule has 1 spiro atoms. The van der Waals surface area contributed by atoms with Crippen LogP contribution in [0.4, 0.5) is 0 Å². The van der Waals surface area contributed by atoms with Gasteiger partial charge in [0, 0.05) is 12.6 Å². The minimum Gasteiger partial charge on any atom is -0.300 e. The van der Waals surface area contributed by atoms with Crippen LogP contribution in [0.15, 0.2) is 0 Å². The Balaban J connectivity index is 1.52. The van der Waals surface area contributed by atoms with Gasteiger partial charge in [0.25, 0.3) is 0 Å². The molecule has 3 aliphatic rings. The summed E-state index contributed by atoms with van der Waals surface area (Å²) in [4.78, 5) is 2.83. The number of likely N-dealkylation sites (tertiary alicyclic amines) is 1. The lowest BCUT2D eigenvalue weighted by Crippen LogP contribution is -2.50. The average molecular weight is 207 g/mol. The molecule has 1 saturated heterocycles. The fraction of sp³-hybridized carbons (Fsp3) is 1.00. The van der Waals surface area contributed by atoms with Crippen molar-refractivity contribution in [1.82, 2.24) is 4.90 Å². The third-order valence-corrected chi connectivity index (χ3v) is 5.26. The molecule has 2 saturated carbocycles. The van der Waals surface area contributed by atoms with Crippen LogP contribution >= 0.6 is 0 Å². The fourth-order valence-corrected chi connectivity index (χ4v) is 3.62. The second kappa shape index (κ2) is 3.48. The SMILES string of the molecule is CC(C)C1CC(N2CCCC3(CC3)C2)C1. The summed E-state index contributed by atoms with van der Waals surface area (Å²) in [6.07, 6.45) is 9.06. The fourth-order valence-electron chi connectivity index (χ4n) is 3.62. The number of hydrogen-bond acceptors (Lipinski definition) is 1. The maximum atomic E-state index is 2.83. The van der Waals surface area contributed by atoms with Crippen LogP contribution < -0.4 is 0 Å². The molecule has 1 heterocycles. The van der Waals surface area contributed by atoms with E-state index in [4.69, 9.17) is 0 Å². The van der Waals surface area contributed by atoms with Crippen molar-refractivity contribution < 1.29 is 0 Å². The summed E-state index contributed by atoms with van der Waals surface area (Å²) in [5.41, 5.74) is 0.821. The van der Waals surface area contributed by atoms with Gasteiger partial charge < -0.3 is 0 Å². The molecule has 1 aliphatic heterocycles. The Morgan fingerprint density at radius 2 is 1.87 bits per heavy atom. The molecule has 0 N–H and O–H groups in total. The highest BCUT2D eigenvalue weighted by molar-refractivity contribution is 5.01. The van der Waals surface area contributed by atoms with Crippen molar-refractivity contribution in [3.8, 4) is 0 Å². The van der Waals surface area contributed by atoms with Crippen LogP contribution in [0, 0.1) is 17.3 Å².